The minimum Gasteiger partial charge on any atom is -0.756 e. The second kappa shape index (κ2) is 33.5. The van der Waals surface area contributed by atoms with Crippen molar-refractivity contribution in [3.8, 4) is 0 Å². The fourth-order valence-corrected chi connectivity index (χ4v) is 5.47. The normalized spacial score (nSPS) is 14.4. The number of hydrogen-bond donors (Lipinski definition) is 0. The predicted molar refractivity (Wildman–Crippen MR) is 208 cm³/mol. The summed E-state index contributed by atoms with van der Waals surface area (Å²) in [4.78, 5) is 37.1. The van der Waals surface area contributed by atoms with Gasteiger partial charge in [-0.25, -0.2) is 0 Å². The molecule has 0 aliphatic rings. The van der Waals surface area contributed by atoms with E-state index < -0.39 is 32.5 Å². The smallest absolute Gasteiger partial charge is 0.306 e. The molecule has 0 heterocycles. The minimum atomic E-state index is -4.62. The van der Waals surface area contributed by atoms with Gasteiger partial charge in [-0.15, -0.1) is 0 Å². The van der Waals surface area contributed by atoms with Gasteiger partial charge in [0.25, 0.3) is 7.82 Å². The van der Waals surface area contributed by atoms with Crippen molar-refractivity contribution in [1.29, 1.82) is 0 Å². The third kappa shape index (κ3) is 37.3. The Kier molecular flexibility index (Phi) is 32.0. The average Bonchev–Trinajstić information content (AvgIpc) is 3.07. The molecule has 0 saturated carbocycles. The van der Waals surface area contributed by atoms with Gasteiger partial charge in [0, 0.05) is 12.8 Å². The van der Waals surface area contributed by atoms with E-state index in [1.54, 1.807) is 0 Å². The third-order valence-electron chi connectivity index (χ3n) is 7.80. The first-order valence-electron chi connectivity index (χ1n) is 19.5. The van der Waals surface area contributed by atoms with Gasteiger partial charge in [-0.05, 0) is 57.8 Å². The second-order valence-electron chi connectivity index (χ2n) is 13.9. The van der Waals surface area contributed by atoms with Crippen LogP contribution in [0.1, 0.15) is 136 Å². The monoisotopic (exact) mass is 737 g/mol. The zero-order valence-electron chi connectivity index (χ0n) is 32.8. The fraction of sp³-hybridized carbons (Fsp3) is 0.707. The van der Waals surface area contributed by atoms with E-state index in [0.717, 1.165) is 96.3 Å². The summed E-state index contributed by atoms with van der Waals surface area (Å²) in [5, 5.41) is 0. The van der Waals surface area contributed by atoms with Gasteiger partial charge in [0.1, 0.15) is 19.8 Å². The summed E-state index contributed by atoms with van der Waals surface area (Å²) in [6.45, 7) is 3.99. The summed E-state index contributed by atoms with van der Waals surface area (Å²) in [6, 6.07) is 0. The first kappa shape index (κ1) is 48.7. The molecule has 0 rings (SSSR count). The van der Waals surface area contributed by atoms with Gasteiger partial charge < -0.3 is 27.9 Å². The second-order valence-corrected chi connectivity index (χ2v) is 15.3. The molecule has 0 spiro atoms. The van der Waals surface area contributed by atoms with Crippen molar-refractivity contribution < 1.29 is 42.1 Å². The van der Waals surface area contributed by atoms with Gasteiger partial charge in [-0.1, -0.05) is 126 Å². The van der Waals surface area contributed by atoms with Crippen molar-refractivity contribution in [3.63, 3.8) is 0 Å². The van der Waals surface area contributed by atoms with Crippen LogP contribution in [0, 0.1) is 0 Å². The summed E-state index contributed by atoms with van der Waals surface area (Å²) >= 11 is 0. The van der Waals surface area contributed by atoms with Crippen LogP contribution in [0.4, 0.5) is 0 Å². The molecule has 0 aromatic carbocycles. The highest BCUT2D eigenvalue weighted by molar-refractivity contribution is 7.45. The van der Waals surface area contributed by atoms with E-state index in [2.05, 4.69) is 74.6 Å². The summed E-state index contributed by atoms with van der Waals surface area (Å²) < 4.78 is 33.6. The molecular weight excluding hydrogens is 665 g/mol. The maximum absolute atomic E-state index is 12.6. The van der Waals surface area contributed by atoms with Gasteiger partial charge in [-0.2, -0.15) is 0 Å². The molecule has 0 bridgehead atoms. The minimum absolute atomic E-state index is 0.0374. The Morgan fingerprint density at radius 1 is 0.627 bits per heavy atom. The standard InChI is InChI=1S/C41H72NO8P/c1-6-8-10-12-14-15-16-17-18-19-20-21-22-23-24-25-26-27-28-30-32-34-41(44)50-39(37-47-40(43)33-31-29-13-11-9-7-2)38-49-51(45,46)48-36-35-42(3,4)5/h8,10,14-15,17-18,20-21,23-24,39H,6-7,9,11-13,16,19,22,25-38H2,1-5H3/b10-8-,15-14-,18-17-,21-20-,24-23-. The molecule has 2 atom stereocenters. The van der Waals surface area contributed by atoms with Gasteiger partial charge in [0.2, 0.25) is 0 Å². The number of esters is 2. The van der Waals surface area contributed by atoms with Crippen LogP contribution in [0.15, 0.2) is 60.8 Å². The van der Waals surface area contributed by atoms with E-state index in [0.29, 0.717) is 17.4 Å². The first-order valence-corrected chi connectivity index (χ1v) is 21.0. The molecule has 51 heavy (non-hydrogen) atoms. The number of likely N-dealkylation sites (N-methyl/N-ethyl adjacent to an activating group) is 1. The topological polar surface area (TPSA) is 111 Å². The molecule has 0 aromatic heterocycles. The number of quaternary nitrogens is 1. The van der Waals surface area contributed by atoms with Crippen molar-refractivity contribution in [2.75, 3.05) is 47.5 Å². The SMILES string of the molecule is CC/C=C\C/C=C\C/C=C\C/C=C\C/C=C\CCCCCCCC(=O)OC(COC(=O)CCCCCCCC)COP(=O)([O-])OCC[N+](C)(C)C. The number of carbonyl (C=O) groups excluding carboxylic acids is 2. The molecule has 2 unspecified atom stereocenters. The number of phosphoric ester groups is 1. The van der Waals surface area contributed by atoms with Gasteiger partial charge in [0.15, 0.2) is 6.10 Å². The molecule has 294 valence electrons. The predicted octanol–water partition coefficient (Wildman–Crippen LogP) is 9.88. The van der Waals surface area contributed by atoms with Gasteiger partial charge >= 0.3 is 11.9 Å². The number of hydrogen-bond acceptors (Lipinski definition) is 8. The average molecular weight is 738 g/mol. The molecule has 0 radical (unpaired) electrons. The van der Waals surface area contributed by atoms with E-state index in [1.165, 1.54) is 6.42 Å². The lowest BCUT2D eigenvalue weighted by Gasteiger charge is -2.28. The maximum atomic E-state index is 12.6. The highest BCUT2D eigenvalue weighted by Gasteiger charge is 2.21. The Morgan fingerprint density at radius 2 is 1.12 bits per heavy atom. The zero-order chi connectivity index (χ0) is 37.9. The van der Waals surface area contributed by atoms with E-state index >= 15 is 0 Å². The fourth-order valence-electron chi connectivity index (χ4n) is 4.74. The number of ether oxygens (including phenoxy) is 2. The van der Waals surface area contributed by atoms with Crippen molar-refractivity contribution in [3.05, 3.63) is 60.8 Å². The molecule has 0 aromatic rings. The number of nitrogens with zero attached hydrogens (tertiary/aromatic N) is 1. The molecule has 0 saturated heterocycles. The van der Waals surface area contributed by atoms with E-state index in [4.69, 9.17) is 18.5 Å². The van der Waals surface area contributed by atoms with Crippen LogP contribution in [0.3, 0.4) is 0 Å². The zero-order valence-corrected chi connectivity index (χ0v) is 33.7. The third-order valence-corrected chi connectivity index (χ3v) is 8.77. The van der Waals surface area contributed by atoms with Crippen LogP contribution in [-0.4, -0.2) is 70.0 Å². The summed E-state index contributed by atoms with van der Waals surface area (Å²) in [5.74, 6) is -0.873. The number of carbonyl (C=O) groups is 2. The Morgan fingerprint density at radius 3 is 1.67 bits per heavy atom. The Balaban J connectivity index is 4.34. The first-order chi connectivity index (χ1) is 24.5. The van der Waals surface area contributed by atoms with Gasteiger partial charge in [-0.3, -0.25) is 14.2 Å². The Hall–Kier alpha value is -2.29. The number of allylic oxidation sites excluding steroid dienone is 10. The molecule has 10 heteroatoms. The lowest BCUT2D eigenvalue weighted by Crippen LogP contribution is -2.37. The van der Waals surface area contributed by atoms with Crippen LogP contribution in [0.25, 0.3) is 0 Å². The van der Waals surface area contributed by atoms with Crippen molar-refractivity contribution in [2.24, 2.45) is 0 Å². The van der Waals surface area contributed by atoms with E-state index in [-0.39, 0.29) is 26.1 Å². The van der Waals surface area contributed by atoms with Crippen LogP contribution in [0.5, 0.6) is 0 Å². The van der Waals surface area contributed by atoms with Crippen molar-refractivity contribution in [2.45, 2.75) is 142 Å². The van der Waals surface area contributed by atoms with Crippen LogP contribution >= 0.6 is 7.82 Å². The quantitative estimate of drug-likeness (QED) is 0.0211. The van der Waals surface area contributed by atoms with Crippen LogP contribution in [0.2, 0.25) is 0 Å². The lowest BCUT2D eigenvalue weighted by atomic mass is 10.1. The largest absolute Gasteiger partial charge is 0.756 e. The number of phosphoric acid groups is 1. The van der Waals surface area contributed by atoms with E-state index in [1.807, 2.05) is 21.1 Å². The van der Waals surface area contributed by atoms with Crippen LogP contribution < -0.4 is 4.89 Å². The van der Waals surface area contributed by atoms with Gasteiger partial charge in [0.05, 0.1) is 27.7 Å². The van der Waals surface area contributed by atoms with Crippen molar-refractivity contribution >= 4 is 19.8 Å². The summed E-state index contributed by atoms with van der Waals surface area (Å²) in [6.07, 6.45) is 38.5. The van der Waals surface area contributed by atoms with Crippen LogP contribution in [-0.2, 0) is 32.7 Å². The summed E-state index contributed by atoms with van der Waals surface area (Å²) in [5.41, 5.74) is 0. The lowest BCUT2D eigenvalue weighted by molar-refractivity contribution is -0.870. The Bertz CT molecular complexity index is 1060. The summed E-state index contributed by atoms with van der Waals surface area (Å²) in [7, 11) is 1.14. The molecule has 0 N–H and O–H groups in total. The molecular formula is C41H72NO8P. The molecule has 0 amide bonds. The Labute approximate surface area is 311 Å². The highest BCUT2D eigenvalue weighted by atomic mass is 31.2. The highest BCUT2D eigenvalue weighted by Crippen LogP contribution is 2.38. The molecule has 9 nitrogen and oxygen atoms in total. The molecule has 0 aliphatic carbocycles. The number of rotatable bonds is 34. The maximum Gasteiger partial charge on any atom is 0.306 e. The van der Waals surface area contributed by atoms with E-state index in [9.17, 15) is 19.0 Å². The molecule has 0 aliphatic heterocycles. The molecule has 0 fully saturated rings. The van der Waals surface area contributed by atoms with Crippen molar-refractivity contribution in [1.82, 2.24) is 0 Å². The number of unbranched alkanes of at least 4 members (excludes halogenated alkanes) is 10.